The maximum Gasteiger partial charge on any atom is 0.321 e. The van der Waals surface area contributed by atoms with Crippen LogP contribution >= 0.6 is 0 Å². The Kier molecular flexibility index (Phi) is 5.46. The van der Waals surface area contributed by atoms with Crippen molar-refractivity contribution in [3.8, 4) is 11.8 Å². The van der Waals surface area contributed by atoms with E-state index in [0.717, 1.165) is 17.1 Å². The molecule has 0 fully saturated rings. The van der Waals surface area contributed by atoms with Gasteiger partial charge in [0.1, 0.15) is 17.3 Å². The highest BCUT2D eigenvalue weighted by Crippen LogP contribution is 2.16. The van der Waals surface area contributed by atoms with Gasteiger partial charge in [0.15, 0.2) is 0 Å². The number of methoxy groups -OCH3 is 1. The molecular weight excluding hydrogens is 320 g/mol. The summed E-state index contributed by atoms with van der Waals surface area (Å²) in [6, 6.07) is 11.8. The number of anilines is 1. The zero-order chi connectivity index (χ0) is 17.5. The number of benzene rings is 1. The van der Waals surface area contributed by atoms with Crippen molar-refractivity contribution in [1.82, 2.24) is 15.0 Å². The predicted octanol–water partition coefficient (Wildman–Crippen LogP) is 3.07. The number of hydrogen-bond donors (Lipinski definition) is 1. The fraction of sp³-hybridized carbons (Fsp3) is 0.278. The van der Waals surface area contributed by atoms with Crippen LogP contribution in [0.3, 0.4) is 0 Å². The minimum Gasteiger partial charge on any atom is -0.497 e. The molecule has 0 aliphatic heterocycles. The molecule has 7 nitrogen and oxygen atoms in total. The highest BCUT2D eigenvalue weighted by Gasteiger charge is 2.09. The minimum atomic E-state index is 0.308. The van der Waals surface area contributed by atoms with Gasteiger partial charge in [0.2, 0.25) is 5.95 Å². The van der Waals surface area contributed by atoms with Gasteiger partial charge in [-0.3, -0.25) is 0 Å². The van der Waals surface area contributed by atoms with Gasteiger partial charge >= 0.3 is 6.01 Å². The summed E-state index contributed by atoms with van der Waals surface area (Å²) >= 11 is 0. The van der Waals surface area contributed by atoms with E-state index in [4.69, 9.17) is 13.9 Å². The summed E-state index contributed by atoms with van der Waals surface area (Å²) < 4.78 is 15.9. The van der Waals surface area contributed by atoms with E-state index >= 15 is 0 Å². The van der Waals surface area contributed by atoms with Crippen molar-refractivity contribution in [3.05, 3.63) is 59.8 Å². The molecule has 3 rings (SSSR count). The molecule has 0 atom stereocenters. The van der Waals surface area contributed by atoms with Crippen molar-refractivity contribution >= 4 is 5.95 Å². The van der Waals surface area contributed by atoms with Crippen LogP contribution in [0, 0.1) is 0 Å². The first kappa shape index (κ1) is 16.8. The molecular formula is C18H20N4O3. The third-order valence-corrected chi connectivity index (χ3v) is 3.46. The van der Waals surface area contributed by atoms with E-state index in [9.17, 15) is 0 Å². The molecule has 25 heavy (non-hydrogen) atoms. The summed E-state index contributed by atoms with van der Waals surface area (Å²) in [6.07, 6.45) is 2.20. The zero-order valence-corrected chi connectivity index (χ0v) is 14.2. The van der Waals surface area contributed by atoms with Crippen molar-refractivity contribution < 1.29 is 13.9 Å². The monoisotopic (exact) mass is 340 g/mol. The first-order valence-electron chi connectivity index (χ1n) is 8.03. The molecule has 0 bridgehead atoms. The molecule has 0 aliphatic rings. The summed E-state index contributed by atoms with van der Waals surface area (Å²) in [5.74, 6) is 2.70. The van der Waals surface area contributed by atoms with Gasteiger partial charge in [-0.05, 0) is 36.8 Å². The van der Waals surface area contributed by atoms with Gasteiger partial charge in [-0.1, -0.05) is 12.1 Å². The third-order valence-electron chi connectivity index (χ3n) is 3.46. The first-order chi connectivity index (χ1) is 12.3. The van der Waals surface area contributed by atoms with Crippen molar-refractivity contribution in [2.75, 3.05) is 19.0 Å². The topological polar surface area (TPSA) is 82.3 Å². The second-order valence-corrected chi connectivity index (χ2v) is 5.25. The van der Waals surface area contributed by atoms with Crippen LogP contribution in [0.5, 0.6) is 11.8 Å². The van der Waals surface area contributed by atoms with E-state index in [1.54, 1.807) is 13.4 Å². The molecule has 0 spiro atoms. The van der Waals surface area contributed by atoms with E-state index in [1.165, 1.54) is 0 Å². The summed E-state index contributed by atoms with van der Waals surface area (Å²) in [7, 11) is 1.65. The molecule has 0 saturated heterocycles. The van der Waals surface area contributed by atoms with Crippen LogP contribution in [-0.2, 0) is 13.0 Å². The minimum absolute atomic E-state index is 0.308. The number of aromatic nitrogens is 3. The number of rotatable bonds is 8. The Morgan fingerprint density at radius 3 is 2.60 bits per heavy atom. The van der Waals surface area contributed by atoms with E-state index in [0.29, 0.717) is 37.4 Å². The lowest BCUT2D eigenvalue weighted by molar-refractivity contribution is 0.310. The second kappa shape index (κ2) is 8.14. The Balaban J connectivity index is 1.76. The lowest BCUT2D eigenvalue weighted by atomic mass is 10.1. The van der Waals surface area contributed by atoms with Crippen molar-refractivity contribution in [1.29, 1.82) is 0 Å². The van der Waals surface area contributed by atoms with Crippen LogP contribution in [0.25, 0.3) is 0 Å². The normalized spacial score (nSPS) is 10.5. The SMILES string of the molecule is CCOc1nc(Cc2ccc(OC)cc2)nc(NCc2ccco2)n1. The van der Waals surface area contributed by atoms with Gasteiger partial charge < -0.3 is 19.2 Å². The third kappa shape index (κ3) is 4.69. The van der Waals surface area contributed by atoms with Crippen LogP contribution in [-0.4, -0.2) is 28.7 Å². The second-order valence-electron chi connectivity index (χ2n) is 5.25. The van der Waals surface area contributed by atoms with E-state index < -0.39 is 0 Å². The largest absolute Gasteiger partial charge is 0.497 e. The van der Waals surface area contributed by atoms with Gasteiger partial charge in [0.25, 0.3) is 0 Å². The summed E-state index contributed by atoms with van der Waals surface area (Å²) in [4.78, 5) is 13.1. The van der Waals surface area contributed by atoms with Crippen LogP contribution in [0.1, 0.15) is 24.1 Å². The average molecular weight is 340 g/mol. The van der Waals surface area contributed by atoms with Gasteiger partial charge in [-0.25, -0.2) is 0 Å². The molecule has 7 heteroatoms. The lowest BCUT2D eigenvalue weighted by Gasteiger charge is -2.09. The van der Waals surface area contributed by atoms with Gasteiger partial charge in [0, 0.05) is 6.42 Å². The van der Waals surface area contributed by atoms with Gasteiger partial charge in [-0.15, -0.1) is 0 Å². The fourth-order valence-electron chi connectivity index (χ4n) is 2.26. The molecule has 1 N–H and O–H groups in total. The Labute approximate surface area is 146 Å². The summed E-state index contributed by atoms with van der Waals surface area (Å²) in [6.45, 7) is 2.87. The van der Waals surface area contributed by atoms with Crippen LogP contribution in [0.2, 0.25) is 0 Å². The molecule has 0 aliphatic carbocycles. The molecule has 3 aromatic rings. The van der Waals surface area contributed by atoms with Crippen LogP contribution in [0.4, 0.5) is 5.95 Å². The highest BCUT2D eigenvalue weighted by molar-refractivity contribution is 5.31. The quantitative estimate of drug-likeness (QED) is 0.675. The first-order valence-corrected chi connectivity index (χ1v) is 8.03. The maximum atomic E-state index is 5.45. The van der Waals surface area contributed by atoms with E-state index in [2.05, 4.69) is 20.3 Å². The van der Waals surface area contributed by atoms with Crippen LogP contribution < -0.4 is 14.8 Å². The number of nitrogens with zero attached hydrogens (tertiary/aromatic N) is 3. The standard InChI is InChI=1S/C18H20N4O3/c1-3-24-18-21-16(11-13-6-8-14(23-2)9-7-13)20-17(22-18)19-12-15-5-4-10-25-15/h4-10H,3,11-12H2,1-2H3,(H,19,20,21,22). The Morgan fingerprint density at radius 1 is 1.08 bits per heavy atom. The van der Waals surface area contributed by atoms with Gasteiger partial charge in [0.05, 0.1) is 26.5 Å². The molecule has 130 valence electrons. The molecule has 1 aromatic carbocycles. The number of furan rings is 1. The zero-order valence-electron chi connectivity index (χ0n) is 14.2. The molecule has 0 saturated carbocycles. The highest BCUT2D eigenvalue weighted by atomic mass is 16.5. The molecule has 0 radical (unpaired) electrons. The number of hydrogen-bond acceptors (Lipinski definition) is 7. The van der Waals surface area contributed by atoms with E-state index in [-0.39, 0.29) is 0 Å². The van der Waals surface area contributed by atoms with Crippen LogP contribution in [0.15, 0.2) is 47.1 Å². The Morgan fingerprint density at radius 2 is 1.92 bits per heavy atom. The molecule has 2 heterocycles. The van der Waals surface area contributed by atoms with Crippen molar-refractivity contribution in [2.45, 2.75) is 19.9 Å². The fourth-order valence-corrected chi connectivity index (χ4v) is 2.26. The predicted molar refractivity (Wildman–Crippen MR) is 92.8 cm³/mol. The number of nitrogens with one attached hydrogen (secondary N) is 1. The van der Waals surface area contributed by atoms with Crippen molar-refractivity contribution in [3.63, 3.8) is 0 Å². The average Bonchev–Trinajstić information content (AvgIpc) is 3.14. The molecule has 0 unspecified atom stereocenters. The summed E-state index contributed by atoms with van der Waals surface area (Å²) in [5, 5.41) is 3.13. The maximum absolute atomic E-state index is 5.45. The lowest BCUT2D eigenvalue weighted by Crippen LogP contribution is -2.09. The van der Waals surface area contributed by atoms with Crippen molar-refractivity contribution in [2.24, 2.45) is 0 Å². The Hall–Kier alpha value is -3.09. The molecule has 0 amide bonds. The molecule has 2 aromatic heterocycles. The van der Waals surface area contributed by atoms with E-state index in [1.807, 2.05) is 43.3 Å². The summed E-state index contributed by atoms with van der Waals surface area (Å²) in [5.41, 5.74) is 1.08. The van der Waals surface area contributed by atoms with Gasteiger partial charge in [-0.2, -0.15) is 15.0 Å². The number of ether oxygens (including phenoxy) is 2. The Bertz CT molecular complexity index is 789. The smallest absolute Gasteiger partial charge is 0.321 e.